The second kappa shape index (κ2) is 9.23. The Hall–Kier alpha value is -3.31. The third-order valence-corrected chi connectivity index (χ3v) is 5.17. The maximum absolute atomic E-state index is 15.1. The smallest absolute Gasteiger partial charge is 0.248 e. The molecule has 1 fully saturated rings. The number of aliphatic hydroxyl groups excluding tert-OH is 2. The minimum Gasteiger partial charge on any atom is -0.395 e. The van der Waals surface area contributed by atoms with E-state index in [0.29, 0.717) is 18.7 Å². The lowest BCUT2D eigenvalue weighted by Crippen LogP contribution is -2.46. The van der Waals surface area contributed by atoms with Crippen LogP contribution in [0.5, 0.6) is 0 Å². The number of anilines is 2. The Balaban J connectivity index is 1.68. The van der Waals surface area contributed by atoms with Crippen LogP contribution in [0.4, 0.5) is 16.0 Å². The molecule has 0 radical (unpaired) electrons. The van der Waals surface area contributed by atoms with Gasteiger partial charge < -0.3 is 25.7 Å². The van der Waals surface area contributed by atoms with E-state index in [9.17, 15) is 4.79 Å². The van der Waals surface area contributed by atoms with Crippen molar-refractivity contribution in [2.75, 3.05) is 43.5 Å². The number of piperidine rings is 1. The summed E-state index contributed by atoms with van der Waals surface area (Å²) in [5, 5.41) is 28.4. The first-order valence-corrected chi connectivity index (χ1v) is 10.1. The first-order chi connectivity index (χ1) is 15.1. The van der Waals surface area contributed by atoms with Crippen LogP contribution in [0.15, 0.2) is 30.6 Å². The van der Waals surface area contributed by atoms with Gasteiger partial charge in [-0.05, 0) is 25.0 Å². The van der Waals surface area contributed by atoms with Gasteiger partial charge in [-0.3, -0.25) is 4.79 Å². The Morgan fingerprint density at radius 2 is 2.10 bits per heavy atom. The fourth-order valence-electron chi connectivity index (χ4n) is 3.68. The monoisotopic (exact) mass is 429 g/mol. The van der Waals surface area contributed by atoms with E-state index in [2.05, 4.69) is 25.7 Å². The molecule has 1 amide bonds. The molecule has 4 N–H and O–H groups in total. The van der Waals surface area contributed by atoms with Gasteiger partial charge in [0.05, 0.1) is 23.9 Å². The largest absolute Gasteiger partial charge is 0.395 e. The van der Waals surface area contributed by atoms with Gasteiger partial charge in [0.25, 0.3) is 0 Å². The van der Waals surface area contributed by atoms with Crippen molar-refractivity contribution in [1.82, 2.24) is 24.5 Å². The highest BCUT2D eigenvalue weighted by Crippen LogP contribution is 2.28. The summed E-state index contributed by atoms with van der Waals surface area (Å²) < 4.78 is 16.8. The minimum absolute atomic E-state index is 0.00372. The molecule has 31 heavy (non-hydrogen) atoms. The Labute approximate surface area is 177 Å². The summed E-state index contributed by atoms with van der Waals surface area (Å²) in [7, 11) is 0. The third kappa shape index (κ3) is 4.42. The van der Waals surface area contributed by atoms with Gasteiger partial charge in [0.15, 0.2) is 17.5 Å². The van der Waals surface area contributed by atoms with E-state index in [1.165, 1.54) is 0 Å². The number of hydrogen-bond donors (Lipinski definition) is 4. The second-order valence-corrected chi connectivity index (χ2v) is 7.28. The molecule has 3 aromatic heterocycles. The number of nitrogens with one attached hydrogen (secondary N) is 2. The molecule has 164 valence electrons. The van der Waals surface area contributed by atoms with Crippen LogP contribution in [0.1, 0.15) is 12.8 Å². The van der Waals surface area contributed by atoms with Crippen LogP contribution in [0.2, 0.25) is 0 Å². The minimum atomic E-state index is -0.667. The number of likely N-dealkylation sites (tertiary alicyclic amines) is 1. The van der Waals surface area contributed by atoms with Crippen LogP contribution in [-0.2, 0) is 4.79 Å². The highest BCUT2D eigenvalue weighted by Gasteiger charge is 2.26. The van der Waals surface area contributed by atoms with Crippen LogP contribution >= 0.6 is 0 Å². The molecule has 1 aliphatic heterocycles. The molecule has 1 atom stereocenters. The number of pyridine rings is 1. The number of carbonyl (C=O) groups is 1. The maximum Gasteiger partial charge on any atom is 0.248 e. The molecule has 0 bridgehead atoms. The van der Waals surface area contributed by atoms with Crippen molar-refractivity contribution in [3.63, 3.8) is 0 Å². The Morgan fingerprint density at radius 3 is 2.90 bits per heavy atom. The van der Waals surface area contributed by atoms with Gasteiger partial charge in [-0.2, -0.15) is 9.49 Å². The molecule has 4 rings (SSSR count). The fourth-order valence-corrected chi connectivity index (χ4v) is 3.68. The highest BCUT2D eigenvalue weighted by atomic mass is 19.1. The van der Waals surface area contributed by atoms with Gasteiger partial charge in [-0.1, -0.05) is 6.07 Å². The van der Waals surface area contributed by atoms with Gasteiger partial charge in [-0.15, -0.1) is 0 Å². The molecule has 10 nitrogen and oxygen atoms in total. The number of aliphatic hydroxyl groups is 2. The number of hydrogen-bond acceptors (Lipinski definition) is 8. The van der Waals surface area contributed by atoms with Gasteiger partial charge in [0.1, 0.15) is 6.61 Å². The van der Waals surface area contributed by atoms with Crippen LogP contribution < -0.4 is 10.6 Å². The molecule has 11 heteroatoms. The van der Waals surface area contributed by atoms with Crippen molar-refractivity contribution in [3.8, 4) is 11.4 Å². The normalized spacial score (nSPS) is 16.5. The lowest BCUT2D eigenvalue weighted by atomic mass is 10.1. The SMILES string of the molecule is O=C(CO)N1CCC[C@@H](Nc2nc(-c3cnn4ccccc34)nc(NCCO)c2F)C1. The van der Waals surface area contributed by atoms with Gasteiger partial charge in [0, 0.05) is 31.9 Å². The number of halogens is 1. The molecule has 0 spiro atoms. The lowest BCUT2D eigenvalue weighted by Gasteiger charge is -2.33. The second-order valence-electron chi connectivity index (χ2n) is 7.28. The zero-order valence-corrected chi connectivity index (χ0v) is 16.8. The first kappa shape index (κ1) is 20.9. The summed E-state index contributed by atoms with van der Waals surface area (Å²) in [6.07, 6.45) is 4.86. The highest BCUT2D eigenvalue weighted by molar-refractivity contribution is 5.78. The third-order valence-electron chi connectivity index (χ3n) is 5.17. The molecule has 3 aromatic rings. The summed E-state index contributed by atoms with van der Waals surface area (Å²) >= 11 is 0. The Kier molecular flexibility index (Phi) is 6.23. The van der Waals surface area contributed by atoms with Crippen LogP contribution in [0, 0.1) is 5.82 Å². The van der Waals surface area contributed by atoms with Crippen molar-refractivity contribution in [3.05, 3.63) is 36.4 Å². The van der Waals surface area contributed by atoms with Gasteiger partial charge >= 0.3 is 0 Å². The summed E-state index contributed by atoms with van der Waals surface area (Å²) in [6, 6.07) is 5.35. The summed E-state index contributed by atoms with van der Waals surface area (Å²) in [4.78, 5) is 22.1. The van der Waals surface area contributed by atoms with E-state index in [4.69, 9.17) is 10.2 Å². The van der Waals surface area contributed by atoms with Crippen LogP contribution in [-0.4, -0.2) is 79.5 Å². The predicted octanol–water partition coefficient (Wildman–Crippen LogP) is 0.730. The van der Waals surface area contributed by atoms with Crippen molar-refractivity contribution in [2.45, 2.75) is 18.9 Å². The Morgan fingerprint density at radius 1 is 1.26 bits per heavy atom. The topological polar surface area (TPSA) is 128 Å². The van der Waals surface area contributed by atoms with E-state index in [-0.39, 0.29) is 42.6 Å². The van der Waals surface area contributed by atoms with E-state index in [1.807, 2.05) is 18.2 Å². The zero-order valence-electron chi connectivity index (χ0n) is 16.8. The van der Waals surface area contributed by atoms with Gasteiger partial charge in [0.2, 0.25) is 11.7 Å². The quantitative estimate of drug-likeness (QED) is 0.433. The molecule has 0 saturated carbocycles. The number of carbonyl (C=O) groups excluding carboxylic acids is 1. The molecule has 1 saturated heterocycles. The molecule has 1 aliphatic rings. The maximum atomic E-state index is 15.1. The number of fused-ring (bicyclic) bond motifs is 1. The average Bonchev–Trinajstić information content (AvgIpc) is 3.23. The van der Waals surface area contributed by atoms with Gasteiger partial charge in [-0.25, -0.2) is 14.5 Å². The van der Waals surface area contributed by atoms with E-state index < -0.39 is 12.4 Å². The number of nitrogens with zero attached hydrogens (tertiary/aromatic N) is 5. The van der Waals surface area contributed by atoms with Crippen LogP contribution in [0.3, 0.4) is 0 Å². The number of amides is 1. The fraction of sp³-hybridized carbons (Fsp3) is 0.400. The van der Waals surface area contributed by atoms with Crippen molar-refractivity contribution >= 4 is 23.1 Å². The van der Waals surface area contributed by atoms with Crippen molar-refractivity contribution < 1.29 is 19.4 Å². The Bertz CT molecular complexity index is 1070. The van der Waals surface area contributed by atoms with Crippen LogP contribution in [0.25, 0.3) is 16.9 Å². The number of aromatic nitrogens is 4. The molecular weight excluding hydrogens is 405 g/mol. The molecular formula is C20H24FN7O3. The predicted molar refractivity (Wildman–Crippen MR) is 112 cm³/mol. The lowest BCUT2D eigenvalue weighted by molar-refractivity contribution is -0.135. The zero-order chi connectivity index (χ0) is 21.8. The van der Waals surface area contributed by atoms with E-state index in [0.717, 1.165) is 18.4 Å². The van der Waals surface area contributed by atoms with Crippen molar-refractivity contribution in [2.24, 2.45) is 0 Å². The average molecular weight is 429 g/mol. The molecule has 0 unspecified atom stereocenters. The van der Waals surface area contributed by atoms with E-state index in [1.54, 1.807) is 21.8 Å². The molecule has 4 heterocycles. The summed E-state index contributed by atoms with van der Waals surface area (Å²) in [5.41, 5.74) is 1.40. The summed E-state index contributed by atoms with van der Waals surface area (Å²) in [6.45, 7) is 0.292. The first-order valence-electron chi connectivity index (χ1n) is 10.1. The number of rotatable bonds is 7. The summed E-state index contributed by atoms with van der Waals surface area (Å²) in [5.74, 6) is -0.768. The van der Waals surface area contributed by atoms with E-state index >= 15 is 4.39 Å². The van der Waals surface area contributed by atoms with Crippen molar-refractivity contribution in [1.29, 1.82) is 0 Å². The molecule has 0 aliphatic carbocycles. The molecule has 0 aromatic carbocycles. The standard InChI is InChI=1S/C20H24FN7O3/c21-17-19(22-6-9-29)25-18(14-10-23-28-8-2-1-5-15(14)28)26-20(17)24-13-4-3-7-27(11-13)16(31)12-30/h1-2,5,8,10,13,29-30H,3-4,6-7,9,11-12H2,(H2,22,24,25,26)/t13-/m1/s1.